The van der Waals surface area contributed by atoms with Gasteiger partial charge >= 0.3 is 5.97 Å². The van der Waals surface area contributed by atoms with Gasteiger partial charge in [0.15, 0.2) is 6.10 Å². The Hall–Kier alpha value is -1.92. The van der Waals surface area contributed by atoms with Crippen molar-refractivity contribution in [2.24, 2.45) is 0 Å². The zero-order valence-electron chi connectivity index (χ0n) is 10.9. The van der Waals surface area contributed by atoms with E-state index in [4.69, 9.17) is 10.2 Å². The minimum atomic E-state index is -1.34. The van der Waals surface area contributed by atoms with E-state index in [1.165, 1.54) is 25.1 Å². The van der Waals surface area contributed by atoms with Gasteiger partial charge in [-0.1, -0.05) is 12.1 Å². The molecule has 0 spiro atoms. The molecule has 0 aliphatic heterocycles. The summed E-state index contributed by atoms with van der Waals surface area (Å²) >= 11 is 1.26. The van der Waals surface area contributed by atoms with Gasteiger partial charge in [-0.05, 0) is 24.3 Å². The Balaban J connectivity index is 2.28. The zero-order chi connectivity index (χ0) is 14.5. The van der Waals surface area contributed by atoms with Gasteiger partial charge in [0.1, 0.15) is 11.0 Å². The van der Waals surface area contributed by atoms with Crippen molar-refractivity contribution >= 4 is 23.4 Å². The molecule has 0 radical (unpaired) electrons. The fourth-order valence-corrected chi connectivity index (χ4v) is 2.83. The molecule has 0 saturated heterocycles. The fraction of sp³-hybridized carbons (Fsp3) is 0.214. The number of anilines is 1. The van der Waals surface area contributed by atoms with Gasteiger partial charge in [-0.2, -0.15) is 0 Å². The van der Waals surface area contributed by atoms with Crippen molar-refractivity contribution in [1.82, 2.24) is 0 Å². The van der Waals surface area contributed by atoms with E-state index in [9.17, 15) is 9.90 Å². The molecule has 0 fully saturated rings. The third-order valence-electron chi connectivity index (χ3n) is 2.73. The Morgan fingerprint density at radius 1 is 1.35 bits per heavy atom. The predicted molar refractivity (Wildman–Crippen MR) is 76.2 cm³/mol. The van der Waals surface area contributed by atoms with Gasteiger partial charge in [0.05, 0.1) is 13.4 Å². The van der Waals surface area contributed by atoms with E-state index in [0.717, 1.165) is 4.90 Å². The Morgan fingerprint density at radius 2 is 2.10 bits per heavy atom. The number of hydrogen-bond acceptors (Lipinski definition) is 6. The van der Waals surface area contributed by atoms with E-state index >= 15 is 0 Å². The lowest BCUT2D eigenvalue weighted by Gasteiger charge is -2.19. The van der Waals surface area contributed by atoms with Gasteiger partial charge in [-0.3, -0.25) is 0 Å². The molecule has 0 aliphatic rings. The molecule has 0 aliphatic carbocycles. The van der Waals surface area contributed by atoms with Gasteiger partial charge in [0.25, 0.3) is 0 Å². The highest BCUT2D eigenvalue weighted by Crippen LogP contribution is 2.40. The molecule has 0 bridgehead atoms. The van der Waals surface area contributed by atoms with Crippen molar-refractivity contribution in [3.8, 4) is 0 Å². The summed E-state index contributed by atoms with van der Waals surface area (Å²) in [6, 6.07) is 10.6. The normalized spacial score (nSPS) is 13.7. The topological polar surface area (TPSA) is 85.7 Å². The molecule has 2 atom stereocenters. The maximum atomic E-state index is 11.6. The van der Waals surface area contributed by atoms with Crippen molar-refractivity contribution in [3.63, 3.8) is 0 Å². The van der Waals surface area contributed by atoms with Gasteiger partial charge < -0.3 is 20.0 Å². The fourth-order valence-electron chi connectivity index (χ4n) is 1.70. The number of hydrogen-bond donors (Lipinski definition) is 2. The summed E-state index contributed by atoms with van der Waals surface area (Å²) in [5.74, 6) is -0.232. The van der Waals surface area contributed by atoms with Crippen LogP contribution < -0.4 is 5.73 Å². The largest absolute Gasteiger partial charge is 0.468 e. The van der Waals surface area contributed by atoms with Crippen molar-refractivity contribution in [3.05, 3.63) is 48.4 Å². The minimum Gasteiger partial charge on any atom is -0.468 e. The van der Waals surface area contributed by atoms with Crippen molar-refractivity contribution in [2.75, 3.05) is 12.8 Å². The van der Waals surface area contributed by atoms with E-state index in [1.807, 2.05) is 18.2 Å². The van der Waals surface area contributed by atoms with Crippen molar-refractivity contribution < 1.29 is 19.1 Å². The van der Waals surface area contributed by atoms with E-state index in [1.54, 1.807) is 18.2 Å². The number of aliphatic hydroxyl groups is 1. The number of nitrogens with two attached hydrogens (primary N) is 1. The second-order valence-electron chi connectivity index (χ2n) is 4.06. The summed E-state index contributed by atoms with van der Waals surface area (Å²) in [6.45, 7) is 0. The average molecular weight is 293 g/mol. The third-order valence-corrected chi connectivity index (χ3v) is 4.10. The molecule has 3 N–H and O–H groups in total. The average Bonchev–Trinajstić information content (AvgIpc) is 2.99. The first kappa shape index (κ1) is 14.5. The van der Waals surface area contributed by atoms with Crippen LogP contribution in [0, 0.1) is 0 Å². The summed E-state index contributed by atoms with van der Waals surface area (Å²) < 4.78 is 9.88. The molecule has 5 nitrogen and oxygen atoms in total. The van der Waals surface area contributed by atoms with Crippen LogP contribution in [0.4, 0.5) is 5.69 Å². The second kappa shape index (κ2) is 6.49. The summed E-state index contributed by atoms with van der Waals surface area (Å²) in [6.07, 6.45) is 0.150. The van der Waals surface area contributed by atoms with Crippen molar-refractivity contribution in [2.45, 2.75) is 16.2 Å². The Kier molecular flexibility index (Phi) is 4.70. The molecule has 2 aromatic rings. The standard InChI is InChI=1S/C14H15NO4S/c1-18-14(17)12(16)13(10-6-4-8-19-10)20-11-7-3-2-5-9(11)15/h2-8,12-13,16H,15H2,1H3/t12-,13-/m0/s1. The van der Waals surface area contributed by atoms with Crippen LogP contribution in [0.2, 0.25) is 0 Å². The number of carbonyl (C=O) groups is 1. The lowest BCUT2D eigenvalue weighted by atomic mass is 10.2. The second-order valence-corrected chi connectivity index (χ2v) is 5.24. The smallest absolute Gasteiger partial charge is 0.336 e. The van der Waals surface area contributed by atoms with Crippen LogP contribution in [0.15, 0.2) is 52.0 Å². The highest BCUT2D eigenvalue weighted by molar-refractivity contribution is 7.99. The van der Waals surface area contributed by atoms with Crippen LogP contribution in [0.5, 0.6) is 0 Å². The van der Waals surface area contributed by atoms with Gasteiger partial charge in [-0.25, -0.2) is 4.79 Å². The first-order chi connectivity index (χ1) is 9.63. The molecule has 1 aromatic heterocycles. The monoisotopic (exact) mass is 293 g/mol. The van der Waals surface area contributed by atoms with E-state index in [-0.39, 0.29) is 0 Å². The molecule has 2 rings (SSSR count). The Labute approximate surface area is 120 Å². The molecule has 6 heteroatoms. The molecular formula is C14H15NO4S. The first-order valence-electron chi connectivity index (χ1n) is 5.94. The molecule has 1 heterocycles. The number of furan rings is 1. The number of benzene rings is 1. The number of thioether (sulfide) groups is 1. The number of ether oxygens (including phenoxy) is 1. The molecule has 0 saturated carbocycles. The van der Waals surface area contributed by atoms with E-state index in [0.29, 0.717) is 11.4 Å². The van der Waals surface area contributed by atoms with Crippen LogP contribution in [-0.2, 0) is 9.53 Å². The highest BCUT2D eigenvalue weighted by Gasteiger charge is 2.31. The summed E-state index contributed by atoms with van der Waals surface area (Å²) in [7, 11) is 1.23. The molecule has 20 heavy (non-hydrogen) atoms. The van der Waals surface area contributed by atoms with Gasteiger partial charge in [0, 0.05) is 10.6 Å². The number of para-hydroxylation sites is 1. The number of esters is 1. The number of methoxy groups -OCH3 is 1. The zero-order valence-corrected chi connectivity index (χ0v) is 11.7. The molecular weight excluding hydrogens is 278 g/mol. The third kappa shape index (κ3) is 3.15. The van der Waals surface area contributed by atoms with Gasteiger partial charge in [0.2, 0.25) is 0 Å². The van der Waals surface area contributed by atoms with E-state index in [2.05, 4.69) is 4.74 Å². The Morgan fingerprint density at radius 3 is 2.70 bits per heavy atom. The minimum absolute atomic E-state index is 0.483. The number of aliphatic hydroxyl groups excluding tert-OH is 1. The summed E-state index contributed by atoms with van der Waals surface area (Å²) in [4.78, 5) is 12.3. The summed E-state index contributed by atoms with van der Waals surface area (Å²) in [5, 5.41) is 9.48. The first-order valence-corrected chi connectivity index (χ1v) is 6.82. The van der Waals surface area contributed by atoms with Gasteiger partial charge in [-0.15, -0.1) is 11.8 Å². The quantitative estimate of drug-likeness (QED) is 0.499. The van der Waals surface area contributed by atoms with Crippen LogP contribution in [0.25, 0.3) is 0 Å². The SMILES string of the molecule is COC(=O)[C@@H](O)[C@@H](Sc1ccccc1N)c1ccco1. The maximum Gasteiger partial charge on any atom is 0.336 e. The van der Waals surface area contributed by atoms with Crippen LogP contribution in [-0.4, -0.2) is 24.3 Å². The lowest BCUT2D eigenvalue weighted by Crippen LogP contribution is -2.27. The Bertz CT molecular complexity index is 570. The molecule has 1 aromatic carbocycles. The highest BCUT2D eigenvalue weighted by atomic mass is 32.2. The van der Waals surface area contributed by atoms with E-state index < -0.39 is 17.3 Å². The van der Waals surface area contributed by atoms with Crippen LogP contribution in [0.1, 0.15) is 11.0 Å². The predicted octanol–water partition coefficient (Wildman–Crippen LogP) is 2.23. The molecule has 0 amide bonds. The number of rotatable bonds is 5. The molecule has 106 valence electrons. The molecule has 0 unspecified atom stereocenters. The van der Waals surface area contributed by atoms with Crippen LogP contribution in [0.3, 0.4) is 0 Å². The number of carbonyl (C=O) groups excluding carboxylic acids is 1. The maximum absolute atomic E-state index is 11.6. The lowest BCUT2D eigenvalue weighted by molar-refractivity contribution is -0.150. The summed E-state index contributed by atoms with van der Waals surface area (Å²) in [5.41, 5.74) is 6.46. The van der Waals surface area contributed by atoms with Crippen LogP contribution >= 0.6 is 11.8 Å². The van der Waals surface area contributed by atoms with Crippen molar-refractivity contribution in [1.29, 1.82) is 0 Å². The number of nitrogen functional groups attached to an aromatic ring is 1.